The number of nitrogens with zero attached hydrogens (tertiary/aromatic N) is 2. The molecular formula is C6H7BrN2O2. The van der Waals surface area contributed by atoms with Gasteiger partial charge < -0.3 is 10.1 Å². The molecule has 5 heteroatoms. The zero-order chi connectivity index (χ0) is 8.85. The topological polar surface area (TPSA) is 55.5 Å². The molecule has 0 saturated carbocycles. The molecule has 0 amide bonds. The highest BCUT2D eigenvalue weighted by atomic mass is 79.9. The normalized spacial score (nSPS) is 12.0. The quantitative estimate of drug-likeness (QED) is 0.233. The van der Waals surface area contributed by atoms with Gasteiger partial charge in [0.05, 0.1) is 0 Å². The van der Waals surface area contributed by atoms with E-state index in [1.807, 2.05) is 0 Å². The molecule has 11 heavy (non-hydrogen) atoms. The van der Waals surface area contributed by atoms with Crippen LogP contribution in [0.15, 0.2) is 28.2 Å². The molecule has 0 N–H and O–H groups in total. The summed E-state index contributed by atoms with van der Waals surface area (Å²) < 4.78 is 0.570. The number of hydrogen-bond acceptors (Lipinski definition) is 3. The van der Waals surface area contributed by atoms with Crippen LogP contribution < -0.4 is 0 Å². The third-order valence-corrected chi connectivity index (χ3v) is 1.09. The summed E-state index contributed by atoms with van der Waals surface area (Å²) in [6.45, 7) is 3.47. The number of halogens is 1. The Balaban J connectivity index is 4.34. The monoisotopic (exact) mass is 218 g/mol. The van der Waals surface area contributed by atoms with Crippen LogP contribution in [0.3, 0.4) is 0 Å². The van der Waals surface area contributed by atoms with Gasteiger partial charge in [-0.1, -0.05) is 27.5 Å². The van der Waals surface area contributed by atoms with Crippen molar-refractivity contribution in [1.82, 2.24) is 0 Å². The summed E-state index contributed by atoms with van der Waals surface area (Å²) in [6.07, 6.45) is 2.74. The van der Waals surface area contributed by atoms with Gasteiger partial charge in [0.25, 0.3) is 0 Å². The molecule has 60 valence electrons. The van der Waals surface area contributed by atoms with E-state index >= 15 is 0 Å². The Labute approximate surface area is 72.6 Å². The van der Waals surface area contributed by atoms with Crippen LogP contribution in [-0.2, 0) is 0 Å². The SMILES string of the molecule is C=C(Br)/C=C\C(=NC)[N+](=O)[O-]. The fraction of sp³-hybridized carbons (Fsp3) is 0.167. The lowest BCUT2D eigenvalue weighted by Gasteiger charge is -1.89. The molecule has 4 nitrogen and oxygen atoms in total. The first-order valence-electron chi connectivity index (χ1n) is 2.71. The molecular weight excluding hydrogens is 212 g/mol. The maximum absolute atomic E-state index is 10.1. The Morgan fingerprint density at radius 2 is 2.27 bits per heavy atom. The minimum Gasteiger partial charge on any atom is -0.358 e. The Morgan fingerprint density at radius 3 is 2.55 bits per heavy atom. The van der Waals surface area contributed by atoms with Gasteiger partial charge in [0.15, 0.2) is 0 Å². The Bertz CT molecular complexity index is 233. The van der Waals surface area contributed by atoms with Gasteiger partial charge in [-0.05, 0) is 11.0 Å². The summed E-state index contributed by atoms with van der Waals surface area (Å²) >= 11 is 3.02. The number of hydrogen-bond donors (Lipinski definition) is 0. The van der Waals surface area contributed by atoms with Gasteiger partial charge in [-0.25, -0.2) is 0 Å². The zero-order valence-electron chi connectivity index (χ0n) is 5.95. The van der Waals surface area contributed by atoms with Crippen LogP contribution in [0, 0.1) is 10.1 Å². The van der Waals surface area contributed by atoms with Crippen molar-refractivity contribution in [3.8, 4) is 0 Å². The van der Waals surface area contributed by atoms with E-state index in [1.54, 1.807) is 0 Å². The van der Waals surface area contributed by atoms with Gasteiger partial charge in [-0.3, -0.25) is 0 Å². The molecule has 0 aliphatic rings. The van der Waals surface area contributed by atoms with Crippen molar-refractivity contribution >= 4 is 21.8 Å². The van der Waals surface area contributed by atoms with Crippen LogP contribution in [-0.4, -0.2) is 17.8 Å². The van der Waals surface area contributed by atoms with E-state index in [9.17, 15) is 10.1 Å². The Kier molecular flexibility index (Phi) is 4.36. The molecule has 0 fully saturated rings. The van der Waals surface area contributed by atoms with Crippen molar-refractivity contribution in [2.45, 2.75) is 0 Å². The average molecular weight is 219 g/mol. The molecule has 0 atom stereocenters. The zero-order valence-corrected chi connectivity index (χ0v) is 7.54. The van der Waals surface area contributed by atoms with E-state index in [-0.39, 0.29) is 5.84 Å². The first-order chi connectivity index (χ1) is 5.07. The van der Waals surface area contributed by atoms with Gasteiger partial charge in [-0.15, -0.1) is 0 Å². The molecule has 0 radical (unpaired) electrons. The highest BCUT2D eigenvalue weighted by Gasteiger charge is 2.02. The molecule has 0 spiro atoms. The molecule has 0 saturated heterocycles. The highest BCUT2D eigenvalue weighted by Crippen LogP contribution is 2.01. The summed E-state index contributed by atoms with van der Waals surface area (Å²) in [4.78, 5) is 13.0. The van der Waals surface area contributed by atoms with E-state index in [4.69, 9.17) is 0 Å². The first kappa shape index (κ1) is 10.0. The molecule has 0 aromatic rings. The second kappa shape index (κ2) is 4.79. The van der Waals surface area contributed by atoms with Crippen molar-refractivity contribution in [1.29, 1.82) is 0 Å². The minimum absolute atomic E-state index is 0.189. The van der Waals surface area contributed by atoms with Gasteiger partial charge >= 0.3 is 5.84 Å². The highest BCUT2D eigenvalue weighted by molar-refractivity contribution is 9.11. The largest absolute Gasteiger partial charge is 0.358 e. The lowest BCUT2D eigenvalue weighted by Crippen LogP contribution is -2.07. The molecule has 0 unspecified atom stereocenters. The molecule has 0 aromatic heterocycles. The average Bonchev–Trinajstić information content (AvgIpc) is 1.87. The predicted molar refractivity (Wildman–Crippen MR) is 47.6 cm³/mol. The second-order valence-electron chi connectivity index (χ2n) is 1.62. The fourth-order valence-corrected chi connectivity index (χ4v) is 0.514. The third-order valence-electron chi connectivity index (χ3n) is 0.829. The summed E-state index contributed by atoms with van der Waals surface area (Å²) in [5.41, 5.74) is 0. The third kappa shape index (κ3) is 4.44. The lowest BCUT2D eigenvalue weighted by atomic mass is 10.4. The van der Waals surface area contributed by atoms with E-state index < -0.39 is 4.92 Å². The number of allylic oxidation sites excluding steroid dienone is 2. The number of amidine groups is 1. The molecule has 0 aliphatic heterocycles. The minimum atomic E-state index is -0.563. The number of aliphatic imine (C=N–C) groups is 1. The molecule has 0 rings (SSSR count). The smallest absolute Gasteiger partial charge is 0.357 e. The summed E-state index contributed by atoms with van der Waals surface area (Å²) in [6, 6.07) is 0. The van der Waals surface area contributed by atoms with Crippen LogP contribution in [0.2, 0.25) is 0 Å². The predicted octanol–water partition coefficient (Wildman–Crippen LogP) is 1.76. The summed E-state index contributed by atoms with van der Waals surface area (Å²) in [7, 11) is 1.36. The van der Waals surface area contributed by atoms with Crippen molar-refractivity contribution in [3.05, 3.63) is 33.3 Å². The second-order valence-corrected chi connectivity index (χ2v) is 2.64. The van der Waals surface area contributed by atoms with Crippen LogP contribution in [0.1, 0.15) is 0 Å². The van der Waals surface area contributed by atoms with Crippen LogP contribution in [0.5, 0.6) is 0 Å². The lowest BCUT2D eigenvalue weighted by molar-refractivity contribution is -0.348. The van der Waals surface area contributed by atoms with E-state index in [0.29, 0.717) is 4.48 Å². The van der Waals surface area contributed by atoms with E-state index in [1.165, 1.54) is 19.2 Å². The first-order valence-corrected chi connectivity index (χ1v) is 3.51. The summed E-state index contributed by atoms with van der Waals surface area (Å²) in [5, 5.41) is 10.1. The van der Waals surface area contributed by atoms with Crippen molar-refractivity contribution < 1.29 is 4.92 Å². The number of nitro groups is 1. The van der Waals surface area contributed by atoms with Crippen LogP contribution >= 0.6 is 15.9 Å². The standard InChI is InChI=1S/C6H7BrN2O2/c1-5(7)3-4-6(8-2)9(10)11/h3-4H,1H2,2H3/b4-3-,8-6?. The van der Waals surface area contributed by atoms with Crippen molar-refractivity contribution in [3.63, 3.8) is 0 Å². The molecule has 0 bridgehead atoms. The van der Waals surface area contributed by atoms with Gasteiger partial charge in [-0.2, -0.15) is 0 Å². The van der Waals surface area contributed by atoms with Crippen LogP contribution in [0.25, 0.3) is 0 Å². The summed E-state index contributed by atoms with van der Waals surface area (Å²) in [5.74, 6) is -0.189. The van der Waals surface area contributed by atoms with Gasteiger partial charge in [0, 0.05) is 10.6 Å². The molecule has 0 heterocycles. The van der Waals surface area contributed by atoms with Crippen LogP contribution in [0.4, 0.5) is 0 Å². The Hall–Kier alpha value is -0.970. The van der Waals surface area contributed by atoms with Crippen molar-refractivity contribution in [2.24, 2.45) is 4.99 Å². The fourth-order valence-electron chi connectivity index (χ4n) is 0.382. The van der Waals surface area contributed by atoms with E-state index in [2.05, 4.69) is 27.5 Å². The molecule has 0 aromatic carbocycles. The van der Waals surface area contributed by atoms with Gasteiger partial charge in [0.1, 0.15) is 7.05 Å². The van der Waals surface area contributed by atoms with Gasteiger partial charge in [0.2, 0.25) is 0 Å². The molecule has 0 aliphatic carbocycles. The van der Waals surface area contributed by atoms with E-state index in [0.717, 1.165) is 0 Å². The maximum atomic E-state index is 10.1. The number of rotatable bonds is 2. The maximum Gasteiger partial charge on any atom is 0.357 e. The van der Waals surface area contributed by atoms with Crippen molar-refractivity contribution in [2.75, 3.05) is 7.05 Å². The Morgan fingerprint density at radius 1 is 1.73 bits per heavy atom.